The van der Waals surface area contributed by atoms with Gasteiger partial charge in [-0.05, 0) is 74.1 Å². The summed E-state index contributed by atoms with van der Waals surface area (Å²) in [6.45, 7) is 11.9. The molecule has 1 fully saturated rings. The van der Waals surface area contributed by atoms with Crippen molar-refractivity contribution in [1.82, 2.24) is 5.32 Å². The Hall–Kier alpha value is -1.66. The molecular weight excluding hydrogens is 474 g/mol. The molecule has 34 heavy (non-hydrogen) atoms. The summed E-state index contributed by atoms with van der Waals surface area (Å²) in [4.78, 5) is 13.5. The molecule has 1 heterocycles. The fraction of sp³-hybridized carbons (Fsp3) is 0.519. The van der Waals surface area contributed by atoms with Gasteiger partial charge in [0.25, 0.3) is 0 Å². The number of hydrogen-bond acceptors (Lipinski definition) is 4. The highest BCUT2D eigenvalue weighted by Gasteiger charge is 2.59. The zero-order valence-corrected chi connectivity index (χ0v) is 22.2. The maximum atomic E-state index is 15.5. The van der Waals surface area contributed by atoms with Gasteiger partial charge in [-0.15, -0.1) is 0 Å². The Bertz CT molecular complexity index is 1030. The molecule has 7 heteroatoms. The second-order valence-electron chi connectivity index (χ2n) is 11.4. The Morgan fingerprint density at radius 3 is 2.18 bits per heavy atom. The number of benzene rings is 2. The van der Waals surface area contributed by atoms with E-state index in [1.165, 1.54) is 12.1 Å². The van der Waals surface area contributed by atoms with Crippen LogP contribution in [0.2, 0.25) is 10.0 Å². The van der Waals surface area contributed by atoms with E-state index in [0.29, 0.717) is 22.0 Å². The SMILES string of the molecule is CC(C)(C)C[C@@H]1N[C@@H](C(=O)OC(C)(C)C)[C@@H](c2ccc(Cl)cc2)[C@@]1(CN)c1cc(Cl)ccc1F. The summed E-state index contributed by atoms with van der Waals surface area (Å²) in [6.07, 6.45) is 0.652. The van der Waals surface area contributed by atoms with Crippen molar-refractivity contribution in [1.29, 1.82) is 0 Å². The summed E-state index contributed by atoms with van der Waals surface area (Å²) in [5, 5.41) is 4.51. The molecule has 4 nitrogen and oxygen atoms in total. The van der Waals surface area contributed by atoms with Crippen molar-refractivity contribution in [2.45, 2.75) is 77.0 Å². The summed E-state index contributed by atoms with van der Waals surface area (Å²) in [7, 11) is 0. The van der Waals surface area contributed by atoms with Crippen LogP contribution in [-0.4, -0.2) is 30.2 Å². The minimum Gasteiger partial charge on any atom is -0.459 e. The van der Waals surface area contributed by atoms with Gasteiger partial charge in [-0.2, -0.15) is 0 Å². The van der Waals surface area contributed by atoms with E-state index in [2.05, 4.69) is 26.1 Å². The number of halogens is 3. The lowest BCUT2D eigenvalue weighted by Crippen LogP contribution is -2.50. The molecule has 0 saturated carbocycles. The molecule has 0 aliphatic carbocycles. The fourth-order valence-corrected chi connectivity index (χ4v) is 5.45. The van der Waals surface area contributed by atoms with Crippen molar-refractivity contribution in [2.24, 2.45) is 11.1 Å². The first-order chi connectivity index (χ1) is 15.7. The van der Waals surface area contributed by atoms with Crippen LogP contribution >= 0.6 is 23.2 Å². The third-order valence-corrected chi connectivity index (χ3v) is 6.85. The summed E-state index contributed by atoms with van der Waals surface area (Å²) in [6, 6.07) is 10.8. The molecule has 1 saturated heterocycles. The van der Waals surface area contributed by atoms with Crippen LogP contribution in [-0.2, 0) is 14.9 Å². The predicted molar refractivity (Wildman–Crippen MR) is 137 cm³/mol. The summed E-state index contributed by atoms with van der Waals surface area (Å²) in [5.74, 6) is -1.31. The lowest BCUT2D eigenvalue weighted by atomic mass is 9.62. The van der Waals surface area contributed by atoms with Gasteiger partial charge in [0.1, 0.15) is 17.5 Å². The van der Waals surface area contributed by atoms with E-state index in [9.17, 15) is 4.79 Å². The highest BCUT2D eigenvalue weighted by molar-refractivity contribution is 6.30. The molecule has 0 bridgehead atoms. The zero-order chi connectivity index (χ0) is 25.5. The summed E-state index contributed by atoms with van der Waals surface area (Å²) < 4.78 is 21.3. The summed E-state index contributed by atoms with van der Waals surface area (Å²) in [5.41, 5.74) is 6.01. The predicted octanol–water partition coefficient (Wildman–Crippen LogP) is 6.23. The monoisotopic (exact) mass is 508 g/mol. The first-order valence-corrected chi connectivity index (χ1v) is 12.3. The standard InChI is InChI=1S/C27H35Cl2FN2O2/c1-25(2,3)14-21-27(15-31,19-13-18(29)11-12-20(19)30)22(16-7-9-17(28)10-8-16)23(32-21)24(33)34-26(4,5)6/h7-13,21-23,32H,14-15,31H2,1-6H3/t21-,22+,23+,27-/m0/s1. The summed E-state index contributed by atoms with van der Waals surface area (Å²) >= 11 is 12.5. The van der Waals surface area contributed by atoms with Gasteiger partial charge in [0.2, 0.25) is 0 Å². The van der Waals surface area contributed by atoms with Gasteiger partial charge in [0.15, 0.2) is 0 Å². The van der Waals surface area contributed by atoms with E-state index in [0.717, 1.165) is 5.56 Å². The van der Waals surface area contributed by atoms with E-state index < -0.39 is 34.8 Å². The van der Waals surface area contributed by atoms with Crippen molar-refractivity contribution in [3.8, 4) is 0 Å². The number of esters is 1. The maximum Gasteiger partial charge on any atom is 0.324 e. The molecule has 3 rings (SSSR count). The second-order valence-corrected chi connectivity index (χ2v) is 12.3. The third kappa shape index (κ3) is 5.59. The maximum absolute atomic E-state index is 15.5. The third-order valence-electron chi connectivity index (χ3n) is 6.36. The van der Waals surface area contributed by atoms with Crippen LogP contribution in [0.1, 0.15) is 65.0 Å². The first-order valence-electron chi connectivity index (χ1n) is 11.6. The van der Waals surface area contributed by atoms with E-state index >= 15 is 4.39 Å². The average molecular weight is 509 g/mol. The Morgan fingerprint density at radius 1 is 1.06 bits per heavy atom. The van der Waals surface area contributed by atoms with Crippen molar-refractivity contribution < 1.29 is 13.9 Å². The second kappa shape index (κ2) is 9.77. The molecule has 1 aliphatic heterocycles. The van der Waals surface area contributed by atoms with Gasteiger partial charge in [-0.1, -0.05) is 56.1 Å². The number of nitrogens with one attached hydrogen (secondary N) is 1. The minimum atomic E-state index is -0.961. The smallest absolute Gasteiger partial charge is 0.324 e. The highest BCUT2D eigenvalue weighted by atomic mass is 35.5. The fourth-order valence-electron chi connectivity index (χ4n) is 5.15. The molecule has 4 atom stereocenters. The van der Waals surface area contributed by atoms with Crippen LogP contribution in [0.3, 0.4) is 0 Å². The van der Waals surface area contributed by atoms with Crippen LogP contribution < -0.4 is 11.1 Å². The van der Waals surface area contributed by atoms with Crippen LogP contribution in [0.15, 0.2) is 42.5 Å². The van der Waals surface area contributed by atoms with Crippen LogP contribution in [0, 0.1) is 11.2 Å². The van der Waals surface area contributed by atoms with Crippen molar-refractivity contribution in [3.05, 3.63) is 69.5 Å². The van der Waals surface area contributed by atoms with E-state index in [1.807, 2.05) is 32.9 Å². The lowest BCUT2D eigenvalue weighted by Gasteiger charge is -2.42. The average Bonchev–Trinajstić information content (AvgIpc) is 3.02. The Labute approximate surface area is 212 Å². The van der Waals surface area contributed by atoms with E-state index in [1.54, 1.807) is 18.2 Å². The molecule has 0 amide bonds. The van der Waals surface area contributed by atoms with Crippen molar-refractivity contribution >= 4 is 29.2 Å². The molecule has 0 aromatic heterocycles. The Kier molecular flexibility index (Phi) is 7.74. The van der Waals surface area contributed by atoms with Crippen LogP contribution in [0.25, 0.3) is 0 Å². The van der Waals surface area contributed by atoms with Crippen LogP contribution in [0.5, 0.6) is 0 Å². The molecule has 0 radical (unpaired) electrons. The largest absolute Gasteiger partial charge is 0.459 e. The van der Waals surface area contributed by atoms with E-state index in [-0.39, 0.29) is 18.0 Å². The molecule has 1 aliphatic rings. The number of rotatable bonds is 5. The van der Waals surface area contributed by atoms with Crippen LogP contribution in [0.4, 0.5) is 4.39 Å². The zero-order valence-electron chi connectivity index (χ0n) is 20.7. The molecule has 2 aromatic rings. The van der Waals surface area contributed by atoms with Crippen molar-refractivity contribution in [2.75, 3.05) is 6.54 Å². The highest BCUT2D eigenvalue weighted by Crippen LogP contribution is 2.52. The topological polar surface area (TPSA) is 64.3 Å². The molecular formula is C27H35Cl2FN2O2. The van der Waals surface area contributed by atoms with Gasteiger partial charge in [0, 0.05) is 34.0 Å². The Morgan fingerprint density at radius 2 is 1.65 bits per heavy atom. The van der Waals surface area contributed by atoms with E-state index in [4.69, 9.17) is 33.7 Å². The quantitative estimate of drug-likeness (QED) is 0.469. The number of nitrogens with two attached hydrogens (primary N) is 1. The molecule has 0 unspecified atom stereocenters. The normalized spacial score (nSPS) is 25.4. The minimum absolute atomic E-state index is 0.102. The molecule has 186 valence electrons. The van der Waals surface area contributed by atoms with Gasteiger partial charge in [0.05, 0.1) is 0 Å². The number of hydrogen-bond donors (Lipinski definition) is 2. The Balaban J connectivity index is 2.30. The lowest BCUT2D eigenvalue weighted by molar-refractivity contribution is -0.157. The molecule has 0 spiro atoms. The number of ether oxygens (including phenoxy) is 1. The van der Waals surface area contributed by atoms with Gasteiger partial charge < -0.3 is 15.8 Å². The first kappa shape index (κ1) is 26.9. The molecule has 3 N–H and O–H groups in total. The van der Waals surface area contributed by atoms with Gasteiger partial charge in [-0.3, -0.25) is 4.79 Å². The number of carbonyl (C=O) groups excluding carboxylic acids is 1. The number of carbonyl (C=O) groups is 1. The molecule has 2 aromatic carbocycles. The van der Waals surface area contributed by atoms with Crippen molar-refractivity contribution in [3.63, 3.8) is 0 Å². The van der Waals surface area contributed by atoms with Gasteiger partial charge in [-0.25, -0.2) is 4.39 Å². The van der Waals surface area contributed by atoms with Gasteiger partial charge >= 0.3 is 5.97 Å².